The zero-order valence-corrected chi connectivity index (χ0v) is 20.2. The Morgan fingerprint density at radius 1 is 1.08 bits per heavy atom. The van der Waals surface area contributed by atoms with E-state index in [-0.39, 0.29) is 24.8 Å². The van der Waals surface area contributed by atoms with Crippen LogP contribution in [0.2, 0.25) is 0 Å². The third-order valence-electron chi connectivity index (χ3n) is 4.90. The Balaban J connectivity index is 1.64. The Morgan fingerprint density at radius 2 is 1.78 bits per heavy atom. The van der Waals surface area contributed by atoms with Gasteiger partial charge in [0.1, 0.15) is 22.9 Å². The molecule has 10 nitrogen and oxygen atoms in total. The second kappa shape index (κ2) is 11.6. The second-order valence-corrected chi connectivity index (χ2v) is 8.15. The molecular weight excluding hydrogens is 493 g/mol. The van der Waals surface area contributed by atoms with Crippen molar-refractivity contribution in [3.05, 3.63) is 82.0 Å². The van der Waals surface area contributed by atoms with Gasteiger partial charge in [0.05, 0.1) is 12.2 Å². The quantitative estimate of drug-likeness (QED) is 0.422. The number of hydrogen-bond donors (Lipinski definition) is 3. The number of alkyl halides is 3. The minimum absolute atomic E-state index is 0.0348. The zero-order chi connectivity index (χ0) is 27.2. The molecule has 0 radical (unpaired) electrons. The van der Waals surface area contributed by atoms with Gasteiger partial charge in [-0.2, -0.15) is 13.2 Å². The first-order chi connectivity index (χ1) is 17.5. The zero-order valence-electron chi connectivity index (χ0n) is 20.2. The van der Waals surface area contributed by atoms with Crippen molar-refractivity contribution >= 4 is 17.6 Å². The van der Waals surface area contributed by atoms with Crippen LogP contribution in [0, 0.1) is 0 Å². The maximum absolute atomic E-state index is 13.3. The van der Waals surface area contributed by atoms with Crippen molar-refractivity contribution in [3.8, 4) is 11.5 Å². The second-order valence-electron chi connectivity index (χ2n) is 8.15. The van der Waals surface area contributed by atoms with Crippen LogP contribution in [0.5, 0.6) is 11.5 Å². The monoisotopic (exact) mass is 518 g/mol. The Hall–Kier alpha value is -4.39. The molecular formula is C24H25F3N6O4. The van der Waals surface area contributed by atoms with Crippen LogP contribution in [0.15, 0.2) is 59.7 Å². The van der Waals surface area contributed by atoms with Crippen LogP contribution in [-0.2, 0) is 19.4 Å². The van der Waals surface area contributed by atoms with E-state index in [9.17, 15) is 27.6 Å². The maximum atomic E-state index is 13.3. The van der Waals surface area contributed by atoms with E-state index in [0.29, 0.717) is 29.3 Å². The fourth-order valence-electron chi connectivity index (χ4n) is 3.18. The van der Waals surface area contributed by atoms with Crippen LogP contribution < -0.4 is 26.2 Å². The van der Waals surface area contributed by atoms with E-state index >= 15 is 0 Å². The van der Waals surface area contributed by atoms with Crippen molar-refractivity contribution in [2.24, 2.45) is 0 Å². The summed E-state index contributed by atoms with van der Waals surface area (Å²) in [5.74, 6) is 0.513. The number of halogens is 3. The van der Waals surface area contributed by atoms with Gasteiger partial charge in [-0.05, 0) is 43.9 Å². The van der Waals surface area contributed by atoms with Gasteiger partial charge in [0, 0.05) is 32.1 Å². The molecule has 0 bridgehead atoms. The smallest absolute Gasteiger partial charge is 0.417 e. The Morgan fingerprint density at radius 3 is 2.41 bits per heavy atom. The lowest BCUT2D eigenvalue weighted by Crippen LogP contribution is -2.34. The fourth-order valence-corrected chi connectivity index (χ4v) is 3.18. The number of ether oxygens (including phenoxy) is 1. The number of aromatic nitrogens is 2. The molecule has 2 aromatic heterocycles. The number of nitrogens with one attached hydrogen (secondary N) is 3. The van der Waals surface area contributed by atoms with Crippen molar-refractivity contribution in [1.82, 2.24) is 25.1 Å². The number of hydrogen-bond acceptors (Lipinski definition) is 6. The Kier molecular flexibility index (Phi) is 8.50. The van der Waals surface area contributed by atoms with Crippen LogP contribution in [0.1, 0.15) is 21.6 Å². The minimum Gasteiger partial charge on any atom is -0.457 e. The Bertz CT molecular complexity index is 1320. The van der Waals surface area contributed by atoms with Gasteiger partial charge in [-0.25, -0.2) is 4.79 Å². The molecule has 1 aromatic carbocycles. The highest BCUT2D eigenvalue weighted by atomic mass is 19.4. The largest absolute Gasteiger partial charge is 0.457 e. The molecule has 13 heteroatoms. The summed E-state index contributed by atoms with van der Waals surface area (Å²) in [4.78, 5) is 42.1. The van der Waals surface area contributed by atoms with Gasteiger partial charge >= 0.3 is 12.2 Å². The number of anilines is 1. The lowest BCUT2D eigenvalue weighted by molar-refractivity contribution is -0.138. The first-order valence-electron chi connectivity index (χ1n) is 10.9. The van der Waals surface area contributed by atoms with Crippen molar-refractivity contribution in [2.75, 3.05) is 26.5 Å². The van der Waals surface area contributed by atoms with Crippen LogP contribution in [0.25, 0.3) is 0 Å². The number of benzene rings is 1. The predicted octanol–water partition coefficient (Wildman–Crippen LogP) is 3.25. The van der Waals surface area contributed by atoms with Gasteiger partial charge in [-0.1, -0.05) is 12.1 Å². The summed E-state index contributed by atoms with van der Waals surface area (Å²) in [6.45, 7) is -0.0624. The normalized spacial score (nSPS) is 11.2. The predicted molar refractivity (Wildman–Crippen MR) is 129 cm³/mol. The topological polar surface area (TPSA) is 118 Å². The number of nitrogens with zero attached hydrogens (tertiary/aromatic N) is 3. The van der Waals surface area contributed by atoms with E-state index in [0.717, 1.165) is 4.57 Å². The average molecular weight is 518 g/mol. The van der Waals surface area contributed by atoms with Crippen LogP contribution >= 0.6 is 0 Å². The van der Waals surface area contributed by atoms with E-state index < -0.39 is 29.0 Å². The van der Waals surface area contributed by atoms with Crippen molar-refractivity contribution < 1.29 is 27.5 Å². The molecule has 196 valence electrons. The molecule has 0 saturated heterocycles. The van der Waals surface area contributed by atoms with Gasteiger partial charge in [0.25, 0.3) is 11.5 Å². The van der Waals surface area contributed by atoms with Crippen LogP contribution in [-0.4, -0.2) is 47.5 Å². The molecule has 37 heavy (non-hydrogen) atoms. The fraction of sp³-hybridized carbons (Fsp3) is 0.250. The summed E-state index contributed by atoms with van der Waals surface area (Å²) in [6.07, 6.45) is -2.55. The highest BCUT2D eigenvalue weighted by molar-refractivity contribution is 5.92. The number of amides is 3. The van der Waals surface area contributed by atoms with Gasteiger partial charge in [0.15, 0.2) is 0 Å². The third kappa shape index (κ3) is 7.54. The molecule has 0 aliphatic rings. The maximum Gasteiger partial charge on any atom is 0.417 e. The summed E-state index contributed by atoms with van der Waals surface area (Å²) in [5, 5.41) is 7.18. The van der Waals surface area contributed by atoms with E-state index in [4.69, 9.17) is 4.74 Å². The lowest BCUT2D eigenvalue weighted by Gasteiger charge is -2.17. The highest BCUT2D eigenvalue weighted by Crippen LogP contribution is 2.29. The number of rotatable bonds is 8. The minimum atomic E-state index is -4.70. The third-order valence-corrected chi connectivity index (χ3v) is 4.90. The molecule has 0 spiro atoms. The van der Waals surface area contributed by atoms with Crippen LogP contribution in [0.3, 0.4) is 0 Å². The SMILES string of the molecule is CNC(=O)c1cc(Oc2ccc(CNC(=O)Nc3cc(C(F)(F)F)cn(CN(C)C)c3=O)cc2)ccn1. The van der Waals surface area contributed by atoms with Gasteiger partial charge in [0.2, 0.25) is 0 Å². The first kappa shape index (κ1) is 27.2. The molecule has 0 fully saturated rings. The molecule has 2 heterocycles. The lowest BCUT2D eigenvalue weighted by atomic mass is 10.2. The molecule has 3 aromatic rings. The number of pyridine rings is 2. The van der Waals surface area contributed by atoms with Crippen molar-refractivity contribution in [1.29, 1.82) is 0 Å². The molecule has 0 unspecified atom stereocenters. The van der Waals surface area contributed by atoms with Gasteiger partial charge in [-0.3, -0.25) is 24.0 Å². The number of carbonyl (C=O) groups excluding carboxylic acids is 2. The molecule has 3 N–H and O–H groups in total. The van der Waals surface area contributed by atoms with Crippen molar-refractivity contribution in [2.45, 2.75) is 19.4 Å². The first-order valence-corrected chi connectivity index (χ1v) is 10.9. The standard InChI is InChI=1S/C24H25F3N6O4/c1-28-21(34)19-11-18(8-9-29-19)37-17-6-4-15(5-7-17)12-30-23(36)31-20-10-16(24(25,26)27)13-33(22(20)35)14-32(2)3/h4-11,13H,12,14H2,1-3H3,(H,28,34)(H2,30,31,36). The molecule has 3 rings (SSSR count). The number of urea groups is 1. The summed E-state index contributed by atoms with van der Waals surface area (Å²) in [6, 6.07) is 9.46. The molecule has 0 atom stereocenters. The van der Waals surface area contributed by atoms with Crippen LogP contribution in [0.4, 0.5) is 23.7 Å². The Labute approximate surface area is 210 Å². The van der Waals surface area contributed by atoms with Gasteiger partial charge < -0.3 is 20.7 Å². The molecule has 0 saturated carbocycles. The van der Waals surface area contributed by atoms with Gasteiger partial charge in [-0.15, -0.1) is 0 Å². The average Bonchev–Trinajstić information content (AvgIpc) is 2.84. The summed E-state index contributed by atoms with van der Waals surface area (Å²) < 4.78 is 46.4. The highest BCUT2D eigenvalue weighted by Gasteiger charge is 2.32. The molecule has 0 aliphatic heterocycles. The number of carbonyl (C=O) groups is 2. The molecule has 0 aliphatic carbocycles. The van der Waals surface area contributed by atoms with E-state index in [2.05, 4.69) is 20.9 Å². The van der Waals surface area contributed by atoms with E-state index in [1.807, 2.05) is 0 Å². The summed E-state index contributed by atoms with van der Waals surface area (Å²) in [5.41, 5.74) is -1.46. The molecule has 3 amide bonds. The van der Waals surface area contributed by atoms with E-state index in [1.54, 1.807) is 44.4 Å². The van der Waals surface area contributed by atoms with E-state index in [1.165, 1.54) is 24.2 Å². The summed E-state index contributed by atoms with van der Waals surface area (Å²) in [7, 11) is 4.69. The van der Waals surface area contributed by atoms with Crippen molar-refractivity contribution in [3.63, 3.8) is 0 Å². The summed E-state index contributed by atoms with van der Waals surface area (Å²) >= 11 is 0.